The van der Waals surface area contributed by atoms with Gasteiger partial charge in [0.1, 0.15) is 0 Å². The van der Waals surface area contributed by atoms with Crippen molar-refractivity contribution in [3.8, 4) is 0 Å². The fourth-order valence-corrected chi connectivity index (χ4v) is 4.52. The average Bonchev–Trinajstić information content (AvgIpc) is 2.68. The largest absolute Gasteiger partial charge is 0.314 e. The molecular weight excluding hydrogens is 294 g/mol. The van der Waals surface area contributed by atoms with Crippen LogP contribution in [0.25, 0.3) is 0 Å². The lowest BCUT2D eigenvalue weighted by Crippen LogP contribution is -2.41. The molecular formula is C14H22BrNS. The van der Waals surface area contributed by atoms with Crippen LogP contribution in [0.4, 0.5) is 0 Å². The van der Waals surface area contributed by atoms with Gasteiger partial charge >= 0.3 is 0 Å². The van der Waals surface area contributed by atoms with Gasteiger partial charge in [-0.05, 0) is 66.1 Å². The summed E-state index contributed by atoms with van der Waals surface area (Å²) >= 11 is 5.44. The molecule has 1 N–H and O–H groups in total. The maximum absolute atomic E-state index is 3.68. The molecule has 1 fully saturated rings. The smallest absolute Gasteiger partial charge is 0.0285 e. The van der Waals surface area contributed by atoms with Crippen molar-refractivity contribution >= 4 is 27.3 Å². The van der Waals surface area contributed by atoms with Crippen LogP contribution in [0.5, 0.6) is 0 Å². The van der Waals surface area contributed by atoms with Gasteiger partial charge in [-0.2, -0.15) is 0 Å². The molecule has 1 nitrogen and oxygen atoms in total. The van der Waals surface area contributed by atoms with Crippen molar-refractivity contribution in [1.29, 1.82) is 0 Å². The van der Waals surface area contributed by atoms with Crippen molar-refractivity contribution < 1.29 is 0 Å². The van der Waals surface area contributed by atoms with E-state index in [1.165, 1.54) is 35.0 Å². The molecule has 0 aromatic carbocycles. The lowest BCUT2D eigenvalue weighted by atomic mass is 9.77. The Morgan fingerprint density at radius 3 is 2.94 bits per heavy atom. The fraction of sp³-hybridized carbons (Fsp3) is 0.714. The Bertz CT molecular complexity index is 350. The van der Waals surface area contributed by atoms with Crippen molar-refractivity contribution in [2.75, 3.05) is 6.54 Å². The Kier molecular flexibility index (Phi) is 5.07. The Morgan fingerprint density at radius 1 is 1.47 bits per heavy atom. The molecule has 96 valence electrons. The van der Waals surface area contributed by atoms with E-state index in [1.807, 2.05) is 11.3 Å². The number of halogens is 1. The zero-order valence-corrected chi connectivity index (χ0v) is 13.1. The van der Waals surface area contributed by atoms with Gasteiger partial charge in [0.05, 0.1) is 0 Å². The predicted octanol–water partition coefficient (Wildman–Crippen LogP) is 4.47. The zero-order chi connectivity index (χ0) is 12.3. The van der Waals surface area contributed by atoms with Gasteiger partial charge < -0.3 is 5.32 Å². The molecule has 1 aromatic heterocycles. The molecule has 0 radical (unpaired) electrons. The first-order valence-electron chi connectivity index (χ1n) is 6.65. The predicted molar refractivity (Wildman–Crippen MR) is 79.7 cm³/mol. The van der Waals surface area contributed by atoms with Crippen LogP contribution in [0, 0.1) is 11.8 Å². The number of hydrogen-bond donors (Lipinski definition) is 1. The van der Waals surface area contributed by atoms with E-state index in [9.17, 15) is 0 Å². The second-order valence-electron chi connectivity index (χ2n) is 5.28. The zero-order valence-electron chi connectivity index (χ0n) is 10.7. The third-order valence-electron chi connectivity index (χ3n) is 3.80. The minimum Gasteiger partial charge on any atom is -0.314 e. The number of thiophene rings is 1. The Balaban J connectivity index is 1.99. The lowest BCUT2D eigenvalue weighted by Gasteiger charge is -2.35. The quantitative estimate of drug-likeness (QED) is 0.864. The average molecular weight is 316 g/mol. The van der Waals surface area contributed by atoms with Crippen molar-refractivity contribution in [2.45, 2.75) is 45.6 Å². The van der Waals surface area contributed by atoms with Gasteiger partial charge in [0.15, 0.2) is 0 Å². The van der Waals surface area contributed by atoms with Crippen molar-refractivity contribution in [3.05, 3.63) is 20.8 Å². The number of rotatable bonds is 4. The van der Waals surface area contributed by atoms with E-state index in [0.29, 0.717) is 0 Å². The molecule has 0 saturated heterocycles. The summed E-state index contributed by atoms with van der Waals surface area (Å²) in [6, 6.07) is 3.02. The van der Waals surface area contributed by atoms with Crippen molar-refractivity contribution in [3.63, 3.8) is 0 Å². The van der Waals surface area contributed by atoms with Gasteiger partial charge in [0.25, 0.3) is 0 Å². The first-order chi connectivity index (χ1) is 8.19. The van der Waals surface area contributed by atoms with E-state index in [0.717, 1.165) is 24.4 Å². The van der Waals surface area contributed by atoms with Crippen LogP contribution >= 0.6 is 27.3 Å². The van der Waals surface area contributed by atoms with Gasteiger partial charge in [-0.15, -0.1) is 11.3 Å². The molecule has 3 heteroatoms. The highest BCUT2D eigenvalue weighted by molar-refractivity contribution is 9.10. The Labute approximate surface area is 117 Å². The normalized spacial score (nSPS) is 29.5. The van der Waals surface area contributed by atoms with Crippen molar-refractivity contribution in [1.82, 2.24) is 5.32 Å². The second kappa shape index (κ2) is 6.35. The highest BCUT2D eigenvalue weighted by atomic mass is 79.9. The first kappa shape index (κ1) is 13.6. The van der Waals surface area contributed by atoms with Gasteiger partial charge in [-0.3, -0.25) is 0 Å². The SMILES string of the molecule is CCNC1CCC(C)CC1Cc1cc(Br)cs1. The van der Waals surface area contributed by atoms with Crippen LogP contribution in [0.3, 0.4) is 0 Å². The minimum absolute atomic E-state index is 0.733. The summed E-state index contributed by atoms with van der Waals surface area (Å²) in [7, 11) is 0. The first-order valence-corrected chi connectivity index (χ1v) is 8.32. The molecule has 0 bridgehead atoms. The van der Waals surface area contributed by atoms with E-state index in [-0.39, 0.29) is 0 Å². The summed E-state index contributed by atoms with van der Waals surface area (Å²) in [5, 5.41) is 5.87. The van der Waals surface area contributed by atoms with E-state index in [1.54, 1.807) is 0 Å². The maximum atomic E-state index is 3.68. The summed E-state index contributed by atoms with van der Waals surface area (Å²) in [6.07, 6.45) is 5.37. The molecule has 3 unspecified atom stereocenters. The topological polar surface area (TPSA) is 12.0 Å². The summed E-state index contributed by atoms with van der Waals surface area (Å²) in [4.78, 5) is 1.53. The van der Waals surface area contributed by atoms with Crippen LogP contribution in [0.15, 0.2) is 15.9 Å². The van der Waals surface area contributed by atoms with Gasteiger partial charge in [0, 0.05) is 20.8 Å². The Hall–Kier alpha value is 0.140. The molecule has 0 spiro atoms. The van der Waals surface area contributed by atoms with Crippen LogP contribution < -0.4 is 5.32 Å². The molecule has 1 aliphatic carbocycles. The van der Waals surface area contributed by atoms with Crippen LogP contribution in [-0.2, 0) is 6.42 Å². The van der Waals surface area contributed by atoms with Crippen molar-refractivity contribution in [2.24, 2.45) is 11.8 Å². The van der Waals surface area contributed by atoms with E-state index < -0.39 is 0 Å². The summed E-state index contributed by atoms with van der Waals surface area (Å²) < 4.78 is 1.24. The molecule has 1 saturated carbocycles. The second-order valence-corrected chi connectivity index (χ2v) is 7.19. The molecule has 1 heterocycles. The monoisotopic (exact) mass is 315 g/mol. The molecule has 1 aliphatic rings. The third kappa shape index (κ3) is 3.80. The van der Waals surface area contributed by atoms with Gasteiger partial charge in [0.2, 0.25) is 0 Å². The summed E-state index contributed by atoms with van der Waals surface area (Å²) in [5.74, 6) is 1.72. The highest BCUT2D eigenvalue weighted by Crippen LogP contribution is 2.33. The summed E-state index contributed by atoms with van der Waals surface area (Å²) in [5.41, 5.74) is 0. The number of nitrogens with one attached hydrogen (secondary N) is 1. The van der Waals surface area contributed by atoms with Crippen LogP contribution in [0.2, 0.25) is 0 Å². The standard InChI is InChI=1S/C14H22BrNS/c1-3-16-14-5-4-10(2)6-11(14)7-13-8-12(15)9-17-13/h8-11,14,16H,3-7H2,1-2H3. The molecule has 0 aliphatic heterocycles. The van der Waals surface area contributed by atoms with Gasteiger partial charge in [-0.1, -0.05) is 13.8 Å². The van der Waals surface area contributed by atoms with E-state index in [4.69, 9.17) is 0 Å². The molecule has 2 rings (SSSR count). The van der Waals surface area contributed by atoms with E-state index >= 15 is 0 Å². The van der Waals surface area contributed by atoms with E-state index in [2.05, 4.69) is 46.5 Å². The van der Waals surface area contributed by atoms with Gasteiger partial charge in [-0.25, -0.2) is 0 Å². The molecule has 17 heavy (non-hydrogen) atoms. The minimum atomic E-state index is 0.733. The van der Waals surface area contributed by atoms with Crippen LogP contribution in [0.1, 0.15) is 38.0 Å². The highest BCUT2D eigenvalue weighted by Gasteiger charge is 2.28. The molecule has 1 aromatic rings. The maximum Gasteiger partial charge on any atom is 0.0285 e. The molecule has 0 amide bonds. The third-order valence-corrected chi connectivity index (χ3v) is 5.52. The lowest BCUT2D eigenvalue weighted by molar-refractivity contribution is 0.215. The van der Waals surface area contributed by atoms with Crippen LogP contribution in [-0.4, -0.2) is 12.6 Å². The Morgan fingerprint density at radius 2 is 2.29 bits per heavy atom. The summed E-state index contributed by atoms with van der Waals surface area (Å²) in [6.45, 7) is 5.72. The number of hydrogen-bond acceptors (Lipinski definition) is 2. The molecule has 3 atom stereocenters. The fourth-order valence-electron chi connectivity index (χ4n) is 2.97.